The zero-order chi connectivity index (χ0) is 14.2. The van der Waals surface area contributed by atoms with E-state index in [0.717, 1.165) is 25.6 Å². The molecule has 0 spiro atoms. The number of hydrogen-bond donors (Lipinski definition) is 1. The van der Waals surface area contributed by atoms with Crippen molar-refractivity contribution in [1.82, 2.24) is 14.8 Å². The first-order chi connectivity index (χ1) is 9.79. The van der Waals surface area contributed by atoms with Crippen LogP contribution >= 0.6 is 0 Å². The highest BCUT2D eigenvalue weighted by molar-refractivity contribution is 5.06. The smallest absolute Gasteiger partial charge is 0.0359 e. The molecule has 3 nitrogen and oxygen atoms in total. The zero-order valence-electron chi connectivity index (χ0n) is 13.3. The van der Waals surface area contributed by atoms with Gasteiger partial charge in [-0.1, -0.05) is 20.3 Å². The summed E-state index contributed by atoms with van der Waals surface area (Å²) in [6, 6.07) is 4.39. The maximum absolute atomic E-state index is 3.63. The highest BCUT2D eigenvalue weighted by atomic mass is 15.1. The van der Waals surface area contributed by atoms with Gasteiger partial charge in [0.25, 0.3) is 0 Å². The summed E-state index contributed by atoms with van der Waals surface area (Å²) in [5.74, 6) is 0.739. The van der Waals surface area contributed by atoms with Crippen molar-refractivity contribution < 1.29 is 0 Å². The summed E-state index contributed by atoms with van der Waals surface area (Å²) in [6.45, 7) is 11.7. The minimum absolute atomic E-state index is 0.739. The van der Waals surface area contributed by atoms with Crippen molar-refractivity contribution in [2.24, 2.45) is 5.92 Å². The normalized spacial score (nSPS) is 18.3. The molecule has 1 saturated heterocycles. The first-order valence-electron chi connectivity index (χ1n) is 8.36. The van der Waals surface area contributed by atoms with E-state index >= 15 is 0 Å². The summed E-state index contributed by atoms with van der Waals surface area (Å²) in [6.07, 6.45) is 7.61. The van der Waals surface area contributed by atoms with Gasteiger partial charge in [0.15, 0.2) is 0 Å². The zero-order valence-corrected chi connectivity index (χ0v) is 13.3. The fourth-order valence-electron chi connectivity index (χ4n) is 3.16. The number of nitrogens with zero attached hydrogens (tertiary/aromatic N) is 2. The molecule has 0 aliphatic carbocycles. The number of piperidine rings is 1. The highest BCUT2D eigenvalue weighted by Gasteiger charge is 2.13. The molecule has 1 unspecified atom stereocenters. The Morgan fingerprint density at radius 2 is 2.05 bits per heavy atom. The van der Waals surface area contributed by atoms with Gasteiger partial charge in [-0.05, 0) is 56.9 Å². The molecule has 1 fully saturated rings. The molecule has 1 aliphatic heterocycles. The lowest BCUT2D eigenvalue weighted by Gasteiger charge is -2.29. The number of aryl methyl sites for hydroxylation is 1. The van der Waals surface area contributed by atoms with E-state index in [1.54, 1.807) is 0 Å². The van der Waals surface area contributed by atoms with Gasteiger partial charge in [0.05, 0.1) is 0 Å². The van der Waals surface area contributed by atoms with Crippen LogP contribution < -0.4 is 5.32 Å². The maximum atomic E-state index is 3.63. The van der Waals surface area contributed by atoms with Crippen LogP contribution in [0.5, 0.6) is 0 Å². The minimum Gasteiger partial charge on any atom is -0.350 e. The topological polar surface area (TPSA) is 20.2 Å². The third-order valence-electron chi connectivity index (χ3n) is 4.21. The van der Waals surface area contributed by atoms with E-state index in [9.17, 15) is 0 Å². The average Bonchev–Trinajstić information content (AvgIpc) is 2.88. The average molecular weight is 277 g/mol. The second-order valence-electron chi connectivity index (χ2n) is 6.29. The van der Waals surface area contributed by atoms with Crippen LogP contribution in [-0.4, -0.2) is 35.6 Å². The number of hydrogen-bond acceptors (Lipinski definition) is 2. The van der Waals surface area contributed by atoms with E-state index in [1.807, 2.05) is 0 Å². The molecule has 2 heterocycles. The Balaban J connectivity index is 1.65. The SMILES string of the molecule is CCCn1cccc1CNCC(C)CN1CCCCC1. The molecular formula is C17H31N3. The molecule has 20 heavy (non-hydrogen) atoms. The highest BCUT2D eigenvalue weighted by Crippen LogP contribution is 2.10. The van der Waals surface area contributed by atoms with Crippen molar-refractivity contribution in [3.05, 3.63) is 24.0 Å². The summed E-state index contributed by atoms with van der Waals surface area (Å²) in [7, 11) is 0. The third-order valence-corrected chi connectivity index (χ3v) is 4.21. The van der Waals surface area contributed by atoms with Gasteiger partial charge in [-0.25, -0.2) is 0 Å². The molecule has 0 aromatic carbocycles. The number of aromatic nitrogens is 1. The van der Waals surface area contributed by atoms with Crippen LogP contribution in [0, 0.1) is 5.92 Å². The second kappa shape index (κ2) is 8.48. The van der Waals surface area contributed by atoms with Crippen molar-refractivity contribution in [2.45, 2.75) is 52.6 Å². The van der Waals surface area contributed by atoms with Crippen LogP contribution in [0.15, 0.2) is 18.3 Å². The van der Waals surface area contributed by atoms with Gasteiger partial charge in [0.1, 0.15) is 0 Å². The van der Waals surface area contributed by atoms with Crippen molar-refractivity contribution in [3.8, 4) is 0 Å². The molecule has 1 aliphatic rings. The van der Waals surface area contributed by atoms with Gasteiger partial charge in [-0.15, -0.1) is 0 Å². The molecule has 1 aromatic heterocycles. The van der Waals surface area contributed by atoms with E-state index in [-0.39, 0.29) is 0 Å². The Morgan fingerprint density at radius 3 is 2.80 bits per heavy atom. The van der Waals surface area contributed by atoms with Crippen molar-refractivity contribution in [3.63, 3.8) is 0 Å². The Labute approximate surface area is 124 Å². The number of rotatable bonds is 8. The minimum atomic E-state index is 0.739. The van der Waals surface area contributed by atoms with Gasteiger partial charge in [0, 0.05) is 31.5 Å². The van der Waals surface area contributed by atoms with E-state index in [4.69, 9.17) is 0 Å². The first kappa shape index (κ1) is 15.6. The van der Waals surface area contributed by atoms with Crippen LogP contribution in [0.4, 0.5) is 0 Å². The summed E-state index contributed by atoms with van der Waals surface area (Å²) in [4.78, 5) is 2.63. The van der Waals surface area contributed by atoms with E-state index in [1.165, 1.54) is 51.0 Å². The molecule has 0 amide bonds. The van der Waals surface area contributed by atoms with E-state index in [2.05, 4.69) is 47.0 Å². The molecule has 0 saturated carbocycles. The van der Waals surface area contributed by atoms with Gasteiger partial charge < -0.3 is 14.8 Å². The molecule has 3 heteroatoms. The molecule has 2 rings (SSSR count). The van der Waals surface area contributed by atoms with Crippen LogP contribution in [-0.2, 0) is 13.1 Å². The lowest BCUT2D eigenvalue weighted by atomic mass is 10.1. The quantitative estimate of drug-likeness (QED) is 0.788. The molecule has 0 bridgehead atoms. The van der Waals surface area contributed by atoms with Crippen molar-refractivity contribution in [2.75, 3.05) is 26.2 Å². The first-order valence-corrected chi connectivity index (χ1v) is 8.36. The Bertz CT molecular complexity index is 366. The Kier molecular flexibility index (Phi) is 6.61. The lowest BCUT2D eigenvalue weighted by Crippen LogP contribution is -2.36. The summed E-state index contributed by atoms with van der Waals surface area (Å²) >= 11 is 0. The number of likely N-dealkylation sites (tertiary alicyclic amines) is 1. The fourth-order valence-corrected chi connectivity index (χ4v) is 3.16. The lowest BCUT2D eigenvalue weighted by molar-refractivity contribution is 0.199. The van der Waals surface area contributed by atoms with Gasteiger partial charge in [-0.3, -0.25) is 0 Å². The predicted octanol–water partition coefficient (Wildman–Crippen LogP) is 3.11. The Hall–Kier alpha value is -0.800. The van der Waals surface area contributed by atoms with Gasteiger partial charge in [0.2, 0.25) is 0 Å². The van der Waals surface area contributed by atoms with Crippen LogP contribution in [0.3, 0.4) is 0 Å². The van der Waals surface area contributed by atoms with Gasteiger partial charge in [-0.2, -0.15) is 0 Å². The third kappa shape index (κ3) is 4.95. The van der Waals surface area contributed by atoms with Crippen LogP contribution in [0.25, 0.3) is 0 Å². The largest absolute Gasteiger partial charge is 0.350 e. The number of nitrogens with one attached hydrogen (secondary N) is 1. The maximum Gasteiger partial charge on any atom is 0.0359 e. The molecular weight excluding hydrogens is 246 g/mol. The standard InChI is InChI=1S/C17H31N3/c1-3-9-20-12-7-8-17(20)14-18-13-16(2)15-19-10-5-4-6-11-19/h7-8,12,16,18H,3-6,9-11,13-15H2,1-2H3. The second-order valence-corrected chi connectivity index (χ2v) is 6.29. The molecule has 114 valence electrons. The van der Waals surface area contributed by atoms with Crippen LogP contribution in [0.1, 0.15) is 45.2 Å². The summed E-state index contributed by atoms with van der Waals surface area (Å²) in [5, 5.41) is 3.63. The van der Waals surface area contributed by atoms with Crippen molar-refractivity contribution in [1.29, 1.82) is 0 Å². The van der Waals surface area contributed by atoms with E-state index in [0.29, 0.717) is 0 Å². The fraction of sp³-hybridized carbons (Fsp3) is 0.765. The molecule has 1 atom stereocenters. The van der Waals surface area contributed by atoms with E-state index < -0.39 is 0 Å². The molecule has 1 N–H and O–H groups in total. The van der Waals surface area contributed by atoms with Gasteiger partial charge >= 0.3 is 0 Å². The monoisotopic (exact) mass is 277 g/mol. The van der Waals surface area contributed by atoms with Crippen LogP contribution in [0.2, 0.25) is 0 Å². The van der Waals surface area contributed by atoms with Crippen molar-refractivity contribution >= 4 is 0 Å². The molecule has 1 aromatic rings. The Morgan fingerprint density at radius 1 is 1.25 bits per heavy atom. The summed E-state index contributed by atoms with van der Waals surface area (Å²) < 4.78 is 2.36. The summed E-state index contributed by atoms with van der Waals surface area (Å²) in [5.41, 5.74) is 1.41. The molecule has 0 radical (unpaired) electrons. The predicted molar refractivity (Wildman–Crippen MR) is 85.9 cm³/mol.